The van der Waals surface area contributed by atoms with Crippen LogP contribution in [0.4, 0.5) is 5.69 Å². The lowest BCUT2D eigenvalue weighted by atomic mass is 10.0. The van der Waals surface area contributed by atoms with Crippen LogP contribution < -0.4 is 9.64 Å². The monoisotopic (exact) mass is 417 g/mol. The maximum Gasteiger partial charge on any atom is 0.341 e. The van der Waals surface area contributed by atoms with Crippen molar-refractivity contribution in [2.45, 2.75) is 6.61 Å². The first-order valence-corrected chi connectivity index (χ1v) is 9.66. The molecule has 1 aliphatic heterocycles. The fourth-order valence-electron chi connectivity index (χ4n) is 3.15. The quantitative estimate of drug-likeness (QED) is 0.386. The Kier molecular flexibility index (Phi) is 7.38. The average Bonchev–Trinajstić information content (AvgIpc) is 2.77. The van der Waals surface area contributed by atoms with Crippen molar-refractivity contribution in [2.24, 2.45) is 0 Å². The van der Waals surface area contributed by atoms with Crippen LogP contribution in [0.5, 0.6) is 5.75 Å². The first-order valence-electron chi connectivity index (χ1n) is 9.28. The molecular formula is C22H24ClNO5. The largest absolute Gasteiger partial charge is 0.503 e. The Hall–Kier alpha value is -2.70. The molecule has 1 fully saturated rings. The zero-order chi connectivity index (χ0) is 20.6. The fourth-order valence-corrected chi connectivity index (χ4v) is 3.34. The third-order valence-electron chi connectivity index (χ3n) is 4.59. The van der Waals surface area contributed by atoms with E-state index < -0.39 is 5.97 Å². The Morgan fingerprint density at radius 3 is 2.69 bits per heavy atom. The highest BCUT2D eigenvalue weighted by molar-refractivity contribution is 6.30. The molecule has 2 aromatic carbocycles. The normalized spacial score (nSPS) is 14.4. The van der Waals surface area contributed by atoms with E-state index >= 15 is 0 Å². The third kappa shape index (κ3) is 5.43. The number of ether oxygens (including phenoxy) is 4. The number of morpholine rings is 1. The number of esters is 1. The molecule has 0 atom stereocenters. The molecular weight excluding hydrogens is 394 g/mol. The van der Waals surface area contributed by atoms with E-state index in [2.05, 4.69) is 11.0 Å². The SMILES string of the molecule is COC=C(C(=O)OC)c1ccc(Cl)cc1COc1cccc(N2CCOCC2)c1. The smallest absolute Gasteiger partial charge is 0.341 e. The van der Waals surface area contributed by atoms with Crippen LogP contribution >= 0.6 is 11.6 Å². The van der Waals surface area contributed by atoms with Gasteiger partial charge in [-0.05, 0) is 35.4 Å². The fraction of sp³-hybridized carbons (Fsp3) is 0.318. The molecule has 0 amide bonds. The van der Waals surface area contributed by atoms with E-state index in [0.717, 1.165) is 43.3 Å². The maximum absolute atomic E-state index is 12.2. The summed E-state index contributed by atoms with van der Waals surface area (Å²) in [6.45, 7) is 3.39. The zero-order valence-electron chi connectivity index (χ0n) is 16.5. The molecule has 2 aromatic rings. The summed E-state index contributed by atoms with van der Waals surface area (Å²) in [6, 6.07) is 13.2. The lowest BCUT2D eigenvalue weighted by molar-refractivity contribution is -0.133. The highest BCUT2D eigenvalue weighted by Gasteiger charge is 2.18. The number of benzene rings is 2. The number of hydrogen-bond acceptors (Lipinski definition) is 6. The summed E-state index contributed by atoms with van der Waals surface area (Å²) in [7, 11) is 2.81. The van der Waals surface area contributed by atoms with Crippen molar-refractivity contribution in [3.8, 4) is 5.75 Å². The summed E-state index contributed by atoms with van der Waals surface area (Å²) >= 11 is 6.18. The Morgan fingerprint density at radius 2 is 1.97 bits per heavy atom. The van der Waals surface area contributed by atoms with Crippen molar-refractivity contribution >= 4 is 28.8 Å². The number of hydrogen-bond donors (Lipinski definition) is 0. The second-order valence-corrected chi connectivity index (χ2v) is 6.88. The van der Waals surface area contributed by atoms with Gasteiger partial charge >= 0.3 is 5.97 Å². The van der Waals surface area contributed by atoms with Gasteiger partial charge in [0.2, 0.25) is 0 Å². The maximum atomic E-state index is 12.2. The molecule has 1 saturated heterocycles. The van der Waals surface area contributed by atoms with Crippen molar-refractivity contribution in [1.29, 1.82) is 0 Å². The van der Waals surface area contributed by atoms with E-state index in [9.17, 15) is 4.79 Å². The minimum atomic E-state index is -0.496. The number of methoxy groups -OCH3 is 2. The average molecular weight is 418 g/mol. The first kappa shape index (κ1) is 21.0. The highest BCUT2D eigenvalue weighted by atomic mass is 35.5. The predicted molar refractivity (Wildman–Crippen MR) is 112 cm³/mol. The summed E-state index contributed by atoms with van der Waals surface area (Å²) in [4.78, 5) is 14.4. The van der Waals surface area contributed by atoms with Gasteiger partial charge < -0.3 is 23.8 Å². The third-order valence-corrected chi connectivity index (χ3v) is 4.82. The molecule has 7 heteroatoms. The molecule has 6 nitrogen and oxygen atoms in total. The van der Waals surface area contributed by atoms with E-state index in [1.165, 1.54) is 20.5 Å². The molecule has 0 aliphatic carbocycles. The Bertz CT molecular complexity index is 877. The van der Waals surface area contributed by atoms with Crippen LogP contribution in [-0.4, -0.2) is 46.5 Å². The molecule has 0 N–H and O–H groups in total. The van der Waals surface area contributed by atoms with Crippen LogP contribution in [-0.2, 0) is 25.6 Å². The van der Waals surface area contributed by atoms with Gasteiger partial charge in [0, 0.05) is 29.9 Å². The van der Waals surface area contributed by atoms with Crippen LogP contribution in [0.1, 0.15) is 11.1 Å². The number of nitrogens with zero attached hydrogens (tertiary/aromatic N) is 1. The van der Waals surface area contributed by atoms with Crippen LogP contribution in [0.2, 0.25) is 5.02 Å². The van der Waals surface area contributed by atoms with Gasteiger partial charge in [-0.2, -0.15) is 0 Å². The molecule has 154 valence electrons. The summed E-state index contributed by atoms with van der Waals surface area (Å²) in [5.41, 5.74) is 2.79. The number of rotatable bonds is 7. The molecule has 0 radical (unpaired) electrons. The molecule has 29 heavy (non-hydrogen) atoms. The molecule has 0 bridgehead atoms. The van der Waals surface area contributed by atoms with E-state index in [1.54, 1.807) is 18.2 Å². The van der Waals surface area contributed by atoms with E-state index in [0.29, 0.717) is 16.2 Å². The Morgan fingerprint density at radius 1 is 1.17 bits per heavy atom. The van der Waals surface area contributed by atoms with E-state index in [1.807, 2.05) is 18.2 Å². The summed E-state index contributed by atoms with van der Waals surface area (Å²) < 4.78 is 21.4. The minimum absolute atomic E-state index is 0.237. The van der Waals surface area contributed by atoms with Crippen molar-refractivity contribution in [3.63, 3.8) is 0 Å². The zero-order valence-corrected chi connectivity index (χ0v) is 17.3. The highest BCUT2D eigenvalue weighted by Crippen LogP contribution is 2.27. The van der Waals surface area contributed by atoms with E-state index in [-0.39, 0.29) is 6.61 Å². The lowest BCUT2D eigenvalue weighted by Crippen LogP contribution is -2.36. The Balaban J connectivity index is 1.81. The van der Waals surface area contributed by atoms with Crippen LogP contribution in [0.3, 0.4) is 0 Å². The number of carbonyl (C=O) groups excluding carboxylic acids is 1. The molecule has 0 spiro atoms. The van der Waals surface area contributed by atoms with Crippen LogP contribution in [0.15, 0.2) is 48.7 Å². The summed E-state index contributed by atoms with van der Waals surface area (Å²) in [5.74, 6) is 0.236. The van der Waals surface area contributed by atoms with Gasteiger partial charge in [-0.1, -0.05) is 23.7 Å². The number of halogens is 1. The molecule has 0 saturated carbocycles. The second-order valence-electron chi connectivity index (χ2n) is 6.45. The molecule has 0 unspecified atom stereocenters. The topological polar surface area (TPSA) is 57.2 Å². The number of anilines is 1. The Labute approximate surface area is 175 Å². The summed E-state index contributed by atoms with van der Waals surface area (Å²) in [6.07, 6.45) is 1.36. The standard InChI is InChI=1S/C22H24ClNO5/c1-26-15-21(22(25)27-2)20-7-6-17(23)12-16(20)14-29-19-5-3-4-18(13-19)24-8-10-28-11-9-24/h3-7,12-13,15H,8-11,14H2,1-2H3. The van der Waals surface area contributed by atoms with Crippen LogP contribution in [0.25, 0.3) is 5.57 Å². The molecule has 1 heterocycles. The molecule has 0 aromatic heterocycles. The van der Waals surface area contributed by atoms with Crippen molar-refractivity contribution < 1.29 is 23.7 Å². The first-order chi connectivity index (χ1) is 14.1. The van der Waals surface area contributed by atoms with Crippen molar-refractivity contribution in [3.05, 3.63) is 64.9 Å². The minimum Gasteiger partial charge on any atom is -0.503 e. The molecule has 3 rings (SSSR count). The molecule has 1 aliphatic rings. The van der Waals surface area contributed by atoms with Crippen molar-refractivity contribution in [2.75, 3.05) is 45.4 Å². The summed E-state index contributed by atoms with van der Waals surface area (Å²) in [5, 5.41) is 0.552. The lowest BCUT2D eigenvalue weighted by Gasteiger charge is -2.29. The van der Waals surface area contributed by atoms with Crippen LogP contribution in [0, 0.1) is 0 Å². The van der Waals surface area contributed by atoms with E-state index in [4.69, 9.17) is 30.5 Å². The van der Waals surface area contributed by atoms with Crippen molar-refractivity contribution in [1.82, 2.24) is 0 Å². The van der Waals surface area contributed by atoms with Gasteiger partial charge in [0.15, 0.2) is 0 Å². The van der Waals surface area contributed by atoms with Gasteiger partial charge in [-0.3, -0.25) is 0 Å². The van der Waals surface area contributed by atoms with Gasteiger partial charge in [-0.15, -0.1) is 0 Å². The second kappa shape index (κ2) is 10.2. The van der Waals surface area contributed by atoms with Gasteiger partial charge in [0.1, 0.15) is 17.9 Å². The number of carbonyl (C=O) groups is 1. The van der Waals surface area contributed by atoms with Gasteiger partial charge in [-0.25, -0.2) is 4.79 Å². The van der Waals surface area contributed by atoms with Gasteiger partial charge in [0.25, 0.3) is 0 Å². The van der Waals surface area contributed by atoms with Gasteiger partial charge in [0.05, 0.1) is 33.7 Å². The predicted octanol–water partition coefficient (Wildman–Crippen LogP) is 3.92.